The molecule has 0 spiro atoms. The summed E-state index contributed by atoms with van der Waals surface area (Å²) in [6.07, 6.45) is 0.427. The number of alkyl halides is 1. The van der Waals surface area contributed by atoms with Gasteiger partial charge in [0.1, 0.15) is 0 Å². The average molecular weight is 153 g/mol. The molecule has 0 heterocycles. The highest BCUT2D eigenvalue weighted by Gasteiger charge is 2.17. The molecule has 0 aromatic carbocycles. The fourth-order valence-corrected chi connectivity index (χ4v) is 0.708. The molecule has 4 N–H and O–H groups in total. The van der Waals surface area contributed by atoms with E-state index in [1.165, 1.54) is 0 Å². The van der Waals surface area contributed by atoms with Gasteiger partial charge in [0.2, 0.25) is 0 Å². The van der Waals surface area contributed by atoms with Gasteiger partial charge < -0.3 is 10.8 Å². The quantitative estimate of drug-likeness (QED) is 0.546. The lowest BCUT2D eigenvalue weighted by Crippen LogP contribution is -2.65. The maximum absolute atomic E-state index is 10.1. The molecule has 54 valence electrons. The number of hydrogen-bond donors (Lipinski definition) is 2. The van der Waals surface area contributed by atoms with Crippen LogP contribution in [0.2, 0.25) is 0 Å². The summed E-state index contributed by atoms with van der Waals surface area (Å²) in [4.78, 5) is 10.1. The molecule has 0 fully saturated rings. The molecule has 2 unspecified atom stereocenters. The van der Waals surface area contributed by atoms with E-state index in [0.717, 1.165) is 0 Å². The van der Waals surface area contributed by atoms with Crippen molar-refractivity contribution < 1.29 is 15.6 Å². The molecule has 0 rings (SSSR count). The second-order valence-electron chi connectivity index (χ2n) is 2.05. The molecule has 9 heavy (non-hydrogen) atoms. The molecule has 3 nitrogen and oxygen atoms in total. The van der Waals surface area contributed by atoms with Gasteiger partial charge in [-0.3, -0.25) is 0 Å². The molecule has 0 radical (unpaired) electrons. The van der Waals surface area contributed by atoms with Crippen LogP contribution in [0.3, 0.4) is 0 Å². The van der Waals surface area contributed by atoms with Crippen molar-refractivity contribution in [3.8, 4) is 0 Å². The van der Waals surface area contributed by atoms with Crippen molar-refractivity contribution in [1.82, 2.24) is 0 Å². The zero-order valence-electron chi connectivity index (χ0n) is 5.30. The topological polar surface area (TPSA) is 64.9 Å². The van der Waals surface area contributed by atoms with Crippen LogP contribution in [0.5, 0.6) is 0 Å². The second-order valence-corrected chi connectivity index (χ2v) is 2.80. The molecular weight excluding hydrogens is 142 g/mol. The Morgan fingerprint density at radius 1 is 1.89 bits per heavy atom. The molecule has 0 aliphatic heterocycles. The van der Waals surface area contributed by atoms with Crippen LogP contribution in [0.1, 0.15) is 13.3 Å². The van der Waals surface area contributed by atoms with E-state index >= 15 is 0 Å². The van der Waals surface area contributed by atoms with Crippen molar-refractivity contribution in [3.05, 3.63) is 0 Å². The zero-order valence-corrected chi connectivity index (χ0v) is 6.06. The lowest BCUT2D eigenvalue weighted by molar-refractivity contribution is -0.408. The van der Waals surface area contributed by atoms with Crippen LogP contribution in [0.15, 0.2) is 0 Å². The molecule has 0 amide bonds. The maximum atomic E-state index is 10.1. The number of aliphatic carboxylic acids is 1. The van der Waals surface area contributed by atoms with Crippen molar-refractivity contribution in [3.63, 3.8) is 0 Å². The van der Waals surface area contributed by atoms with Crippen LogP contribution in [0, 0.1) is 0 Å². The summed E-state index contributed by atoms with van der Waals surface area (Å²) < 4.78 is 0. The third kappa shape index (κ3) is 4.24. The minimum atomic E-state index is -0.887. The summed E-state index contributed by atoms with van der Waals surface area (Å²) in [5.41, 5.74) is 3.39. The van der Waals surface area contributed by atoms with E-state index in [2.05, 4.69) is 5.73 Å². The van der Waals surface area contributed by atoms with Crippen LogP contribution < -0.4 is 5.73 Å². The lowest BCUT2D eigenvalue weighted by atomic mass is 10.2. The Bertz CT molecular complexity index is 105. The van der Waals surface area contributed by atoms with Gasteiger partial charge in [-0.2, -0.15) is 0 Å². The molecule has 0 saturated carbocycles. The van der Waals surface area contributed by atoms with Crippen molar-refractivity contribution in [2.24, 2.45) is 0 Å². The van der Waals surface area contributed by atoms with E-state index in [4.69, 9.17) is 16.7 Å². The SMILES string of the molecule is CC(Cl)CC([NH3+])C(=O)O. The predicted octanol–water partition coefficient (Wildman–Crippen LogP) is -0.301. The van der Waals surface area contributed by atoms with E-state index in [9.17, 15) is 4.79 Å². The van der Waals surface area contributed by atoms with Crippen molar-refractivity contribution >= 4 is 17.6 Å². The Balaban J connectivity index is 3.50. The molecular formula is C5H11ClNO2+. The molecule has 4 heteroatoms. The average Bonchev–Trinajstić information content (AvgIpc) is 1.63. The van der Waals surface area contributed by atoms with Crippen LogP contribution in [0.25, 0.3) is 0 Å². The summed E-state index contributed by atoms with van der Waals surface area (Å²) in [6.45, 7) is 1.75. The highest BCUT2D eigenvalue weighted by atomic mass is 35.5. The zero-order chi connectivity index (χ0) is 7.44. The first kappa shape index (κ1) is 8.72. The fourth-order valence-electron chi connectivity index (χ4n) is 0.493. The van der Waals surface area contributed by atoms with Gasteiger partial charge in [0.05, 0.1) is 0 Å². The maximum Gasteiger partial charge on any atom is 0.362 e. The van der Waals surface area contributed by atoms with Gasteiger partial charge in [0, 0.05) is 11.8 Å². The van der Waals surface area contributed by atoms with Gasteiger partial charge in [-0.15, -0.1) is 11.6 Å². The van der Waals surface area contributed by atoms with E-state index in [1.807, 2.05) is 0 Å². The lowest BCUT2D eigenvalue weighted by Gasteiger charge is -2.02. The van der Waals surface area contributed by atoms with Crippen molar-refractivity contribution in [2.45, 2.75) is 24.8 Å². The van der Waals surface area contributed by atoms with Gasteiger partial charge >= 0.3 is 5.97 Å². The van der Waals surface area contributed by atoms with Gasteiger partial charge in [0.25, 0.3) is 0 Å². The van der Waals surface area contributed by atoms with Crippen LogP contribution in [0.4, 0.5) is 0 Å². The molecule has 0 bridgehead atoms. The first-order chi connectivity index (χ1) is 4.04. The molecule has 0 saturated heterocycles. The third-order valence-electron chi connectivity index (χ3n) is 0.959. The van der Waals surface area contributed by atoms with Gasteiger partial charge in [-0.05, 0) is 6.92 Å². The Hall–Kier alpha value is -0.280. The summed E-state index contributed by atoms with van der Waals surface area (Å²) in [6, 6.07) is -0.572. The van der Waals surface area contributed by atoms with E-state index in [1.54, 1.807) is 6.92 Å². The monoisotopic (exact) mass is 152 g/mol. The number of hydrogen-bond acceptors (Lipinski definition) is 1. The Kier molecular flexibility index (Phi) is 3.58. The summed E-state index contributed by atoms with van der Waals surface area (Å²) in [5, 5.41) is 8.20. The van der Waals surface area contributed by atoms with Crippen LogP contribution in [-0.4, -0.2) is 22.5 Å². The Labute approximate surface area is 58.8 Å². The van der Waals surface area contributed by atoms with E-state index in [0.29, 0.717) is 6.42 Å². The number of quaternary nitrogens is 1. The van der Waals surface area contributed by atoms with Crippen molar-refractivity contribution in [1.29, 1.82) is 0 Å². The number of carboxylic acid groups (broad SMARTS) is 1. The predicted molar refractivity (Wildman–Crippen MR) is 34.2 cm³/mol. The highest BCUT2D eigenvalue weighted by molar-refractivity contribution is 6.20. The van der Waals surface area contributed by atoms with Crippen LogP contribution in [-0.2, 0) is 4.79 Å². The van der Waals surface area contributed by atoms with Gasteiger partial charge in [-0.25, -0.2) is 4.79 Å². The smallest absolute Gasteiger partial charge is 0.362 e. The van der Waals surface area contributed by atoms with E-state index < -0.39 is 12.0 Å². The number of rotatable bonds is 3. The number of halogens is 1. The summed E-state index contributed by atoms with van der Waals surface area (Å²) in [5.74, 6) is -0.887. The van der Waals surface area contributed by atoms with Crippen LogP contribution >= 0.6 is 11.6 Å². The van der Waals surface area contributed by atoms with E-state index in [-0.39, 0.29) is 5.38 Å². The third-order valence-corrected chi connectivity index (χ3v) is 1.14. The molecule has 0 aliphatic carbocycles. The Morgan fingerprint density at radius 2 is 2.33 bits per heavy atom. The van der Waals surface area contributed by atoms with Gasteiger partial charge in [-0.1, -0.05) is 0 Å². The molecule has 2 atom stereocenters. The first-order valence-electron chi connectivity index (χ1n) is 2.74. The number of carbonyl (C=O) groups is 1. The fraction of sp³-hybridized carbons (Fsp3) is 0.800. The largest absolute Gasteiger partial charge is 0.477 e. The summed E-state index contributed by atoms with van der Waals surface area (Å²) in [7, 11) is 0. The standard InChI is InChI=1S/C5H10ClNO2/c1-3(6)2-4(7)5(8)9/h3-4H,2,7H2,1H3,(H,8,9)/p+1. The molecule has 0 aliphatic rings. The Morgan fingerprint density at radius 3 is 2.44 bits per heavy atom. The molecule has 0 aromatic rings. The number of carboxylic acids is 1. The summed E-state index contributed by atoms with van der Waals surface area (Å²) >= 11 is 5.51. The first-order valence-corrected chi connectivity index (χ1v) is 3.17. The second kappa shape index (κ2) is 3.69. The highest BCUT2D eigenvalue weighted by Crippen LogP contribution is 2.00. The van der Waals surface area contributed by atoms with Gasteiger partial charge in [0.15, 0.2) is 6.04 Å². The molecule has 0 aromatic heterocycles. The van der Waals surface area contributed by atoms with Crippen molar-refractivity contribution in [2.75, 3.05) is 0 Å². The minimum Gasteiger partial charge on any atom is -0.477 e. The minimum absolute atomic E-state index is 0.108. The normalized spacial score (nSPS) is 16.8.